The molecule has 1 aromatic carbocycles. The second kappa shape index (κ2) is 8.25. The zero-order valence-corrected chi connectivity index (χ0v) is 17.8. The lowest BCUT2D eigenvalue weighted by atomic mass is 10.1. The predicted octanol–water partition coefficient (Wildman–Crippen LogP) is 1.81. The lowest BCUT2D eigenvalue weighted by molar-refractivity contribution is -0.130. The fourth-order valence-electron chi connectivity index (χ4n) is 3.82. The number of fused-ring (bicyclic) bond motifs is 2. The van der Waals surface area contributed by atoms with Gasteiger partial charge in [-0.3, -0.25) is 9.59 Å². The molecule has 0 fully saturated rings. The van der Waals surface area contributed by atoms with Gasteiger partial charge in [0.2, 0.25) is 5.91 Å². The van der Waals surface area contributed by atoms with Crippen molar-refractivity contribution < 1.29 is 19.1 Å². The molecular formula is C22H25N5O4. The van der Waals surface area contributed by atoms with Crippen LogP contribution in [-0.2, 0) is 17.8 Å². The van der Waals surface area contributed by atoms with Gasteiger partial charge in [0.05, 0.1) is 6.20 Å². The summed E-state index contributed by atoms with van der Waals surface area (Å²) in [6, 6.07) is 5.73. The number of primary amides is 1. The summed E-state index contributed by atoms with van der Waals surface area (Å²) in [5.41, 5.74) is 9.64. The molecule has 9 heteroatoms. The van der Waals surface area contributed by atoms with Crippen LogP contribution in [-0.4, -0.2) is 51.6 Å². The van der Waals surface area contributed by atoms with Gasteiger partial charge in [0.15, 0.2) is 17.1 Å². The molecule has 0 saturated carbocycles. The molecule has 3 aromatic rings. The van der Waals surface area contributed by atoms with E-state index in [0.29, 0.717) is 44.0 Å². The molecule has 0 aliphatic carbocycles. The molecule has 162 valence electrons. The summed E-state index contributed by atoms with van der Waals surface area (Å²) in [6.45, 7) is 5.32. The minimum atomic E-state index is -0.565. The van der Waals surface area contributed by atoms with Gasteiger partial charge in [-0.25, -0.2) is 9.50 Å². The van der Waals surface area contributed by atoms with Crippen molar-refractivity contribution in [3.63, 3.8) is 0 Å². The van der Waals surface area contributed by atoms with Gasteiger partial charge in [0.25, 0.3) is 5.91 Å². The number of hydrogen-bond acceptors (Lipinski definition) is 6. The van der Waals surface area contributed by atoms with Crippen molar-refractivity contribution in [1.82, 2.24) is 19.5 Å². The second-order valence-corrected chi connectivity index (χ2v) is 7.65. The average molecular weight is 423 g/mol. The lowest BCUT2D eigenvalue weighted by Crippen LogP contribution is -2.27. The third-order valence-electron chi connectivity index (χ3n) is 5.52. The number of ether oxygens (including phenoxy) is 2. The van der Waals surface area contributed by atoms with Crippen LogP contribution in [0.5, 0.6) is 11.5 Å². The first-order valence-corrected chi connectivity index (χ1v) is 10.1. The number of aromatic nitrogens is 3. The molecule has 31 heavy (non-hydrogen) atoms. The highest BCUT2D eigenvalue weighted by atomic mass is 16.6. The molecule has 4 rings (SSSR count). The van der Waals surface area contributed by atoms with Crippen LogP contribution in [0.4, 0.5) is 0 Å². The summed E-state index contributed by atoms with van der Waals surface area (Å²) in [7, 11) is 1.78. The van der Waals surface area contributed by atoms with Gasteiger partial charge in [-0.2, -0.15) is 5.10 Å². The van der Waals surface area contributed by atoms with E-state index in [1.54, 1.807) is 16.5 Å². The third kappa shape index (κ3) is 4.03. The summed E-state index contributed by atoms with van der Waals surface area (Å²) in [5, 5.41) is 4.23. The van der Waals surface area contributed by atoms with Crippen LogP contribution in [0.3, 0.4) is 0 Å². The van der Waals surface area contributed by atoms with Crippen molar-refractivity contribution in [3.05, 3.63) is 52.5 Å². The number of amides is 2. The van der Waals surface area contributed by atoms with Gasteiger partial charge in [-0.15, -0.1) is 0 Å². The minimum Gasteiger partial charge on any atom is -0.486 e. The molecule has 0 atom stereocenters. The van der Waals surface area contributed by atoms with E-state index in [9.17, 15) is 9.59 Å². The van der Waals surface area contributed by atoms with Crippen molar-refractivity contribution in [2.75, 3.05) is 20.3 Å². The summed E-state index contributed by atoms with van der Waals surface area (Å²) in [5.74, 6) is 0.901. The van der Waals surface area contributed by atoms with Crippen LogP contribution in [0.1, 0.15) is 39.3 Å². The Morgan fingerprint density at radius 2 is 1.94 bits per heavy atom. The molecule has 2 aromatic heterocycles. The highest BCUT2D eigenvalue weighted by Gasteiger charge is 2.19. The van der Waals surface area contributed by atoms with E-state index in [4.69, 9.17) is 15.2 Å². The number of carbonyl (C=O) groups is 2. The Morgan fingerprint density at radius 3 is 2.68 bits per heavy atom. The number of benzene rings is 1. The molecule has 1 aliphatic rings. The highest BCUT2D eigenvalue weighted by Crippen LogP contribution is 2.31. The van der Waals surface area contributed by atoms with E-state index in [2.05, 4.69) is 10.1 Å². The quantitative estimate of drug-likeness (QED) is 0.647. The Labute approximate surface area is 179 Å². The van der Waals surface area contributed by atoms with Gasteiger partial charge in [0, 0.05) is 31.4 Å². The van der Waals surface area contributed by atoms with Crippen molar-refractivity contribution in [2.45, 2.75) is 33.2 Å². The summed E-state index contributed by atoms with van der Waals surface area (Å²) < 4.78 is 12.8. The average Bonchev–Trinajstić information content (AvgIpc) is 3.17. The standard InChI is InChI=1S/C22H25N5O4/c1-13-16(14(2)27-22(25-13)17(11-24-27)21(23)29)5-7-20(28)26(3)12-15-4-6-18-19(10-15)31-9-8-30-18/h4,6,10-11H,5,7-9,12H2,1-3H3,(H2,23,29). The zero-order chi connectivity index (χ0) is 22.1. The predicted molar refractivity (Wildman–Crippen MR) is 113 cm³/mol. The minimum absolute atomic E-state index is 0.0204. The fraction of sp³-hybridized carbons (Fsp3) is 0.364. The monoisotopic (exact) mass is 423 g/mol. The van der Waals surface area contributed by atoms with Crippen LogP contribution >= 0.6 is 0 Å². The topological polar surface area (TPSA) is 112 Å². The Morgan fingerprint density at radius 1 is 1.19 bits per heavy atom. The molecule has 0 unspecified atom stereocenters. The normalized spacial score (nSPS) is 12.7. The molecular weight excluding hydrogens is 398 g/mol. The maximum Gasteiger partial charge on any atom is 0.254 e. The fourth-order valence-corrected chi connectivity index (χ4v) is 3.82. The molecule has 2 N–H and O–H groups in total. The van der Waals surface area contributed by atoms with E-state index < -0.39 is 5.91 Å². The van der Waals surface area contributed by atoms with Gasteiger partial charge in [-0.05, 0) is 43.5 Å². The van der Waals surface area contributed by atoms with Crippen molar-refractivity contribution >= 4 is 17.5 Å². The molecule has 0 bridgehead atoms. The van der Waals surface area contributed by atoms with E-state index in [1.807, 2.05) is 32.0 Å². The van der Waals surface area contributed by atoms with Gasteiger partial charge < -0.3 is 20.1 Å². The van der Waals surface area contributed by atoms with Crippen LogP contribution in [0.2, 0.25) is 0 Å². The lowest BCUT2D eigenvalue weighted by Gasteiger charge is -2.21. The largest absolute Gasteiger partial charge is 0.486 e. The Balaban J connectivity index is 1.44. The van der Waals surface area contributed by atoms with Gasteiger partial charge in [-0.1, -0.05) is 6.07 Å². The third-order valence-corrected chi connectivity index (χ3v) is 5.52. The molecule has 3 heterocycles. The van der Waals surface area contributed by atoms with Crippen LogP contribution in [0.25, 0.3) is 5.65 Å². The molecule has 0 saturated heterocycles. The summed E-state index contributed by atoms with van der Waals surface area (Å²) >= 11 is 0. The molecule has 9 nitrogen and oxygen atoms in total. The number of rotatable bonds is 6. The summed E-state index contributed by atoms with van der Waals surface area (Å²) in [6.07, 6.45) is 2.28. The van der Waals surface area contributed by atoms with Crippen LogP contribution in [0.15, 0.2) is 24.4 Å². The SMILES string of the molecule is Cc1nc2c(C(N)=O)cnn2c(C)c1CCC(=O)N(C)Cc1ccc2c(c1)OCCO2. The Hall–Kier alpha value is -3.62. The zero-order valence-electron chi connectivity index (χ0n) is 17.8. The van der Waals surface area contributed by atoms with E-state index in [1.165, 1.54) is 6.20 Å². The summed E-state index contributed by atoms with van der Waals surface area (Å²) in [4.78, 5) is 30.5. The van der Waals surface area contributed by atoms with Crippen LogP contribution < -0.4 is 15.2 Å². The number of aryl methyl sites for hydroxylation is 2. The van der Waals surface area contributed by atoms with Gasteiger partial charge >= 0.3 is 0 Å². The molecule has 0 radical (unpaired) electrons. The first-order chi connectivity index (χ1) is 14.8. The van der Waals surface area contributed by atoms with E-state index in [-0.39, 0.29) is 11.5 Å². The van der Waals surface area contributed by atoms with E-state index >= 15 is 0 Å². The second-order valence-electron chi connectivity index (χ2n) is 7.65. The highest BCUT2D eigenvalue weighted by molar-refractivity contribution is 5.98. The first-order valence-electron chi connectivity index (χ1n) is 10.1. The smallest absolute Gasteiger partial charge is 0.254 e. The maximum absolute atomic E-state index is 12.8. The van der Waals surface area contributed by atoms with Gasteiger partial charge in [0.1, 0.15) is 18.8 Å². The number of nitrogens with two attached hydrogens (primary N) is 1. The number of nitrogens with zero attached hydrogens (tertiary/aromatic N) is 4. The van der Waals surface area contributed by atoms with Crippen molar-refractivity contribution in [1.29, 1.82) is 0 Å². The Kier molecular flexibility index (Phi) is 5.50. The molecule has 2 amide bonds. The van der Waals surface area contributed by atoms with E-state index in [0.717, 1.165) is 28.3 Å². The Bertz CT molecular complexity index is 1170. The first kappa shape index (κ1) is 20.6. The van der Waals surface area contributed by atoms with Crippen molar-refractivity contribution in [3.8, 4) is 11.5 Å². The number of hydrogen-bond donors (Lipinski definition) is 1. The molecule has 0 spiro atoms. The number of carbonyl (C=O) groups excluding carboxylic acids is 2. The van der Waals surface area contributed by atoms with Crippen LogP contribution in [0, 0.1) is 13.8 Å². The molecule has 1 aliphatic heterocycles. The maximum atomic E-state index is 12.8. The van der Waals surface area contributed by atoms with Crippen molar-refractivity contribution in [2.24, 2.45) is 5.73 Å².